The Hall–Kier alpha value is -2.45. The molecule has 0 saturated heterocycles. The molecule has 0 aliphatic carbocycles. The average molecular weight is 299 g/mol. The molecule has 2 aromatic rings. The molecule has 0 aliphatic rings. The van der Waals surface area contributed by atoms with E-state index in [9.17, 15) is 9.18 Å². The van der Waals surface area contributed by atoms with Gasteiger partial charge in [-0.05, 0) is 69.0 Å². The number of nitriles is 1. The zero-order chi connectivity index (χ0) is 16.1. The van der Waals surface area contributed by atoms with Crippen LogP contribution in [-0.2, 0) is 6.54 Å². The SMILES string of the molecule is CN(C)CCCn1c(-c2ccc(F)cc2)ccc(C#N)c1=O. The molecule has 0 radical (unpaired) electrons. The summed E-state index contributed by atoms with van der Waals surface area (Å²) in [6.45, 7) is 1.35. The van der Waals surface area contributed by atoms with Gasteiger partial charge in [0.1, 0.15) is 17.4 Å². The smallest absolute Gasteiger partial charge is 0.268 e. The van der Waals surface area contributed by atoms with Crippen LogP contribution in [0.25, 0.3) is 11.3 Å². The number of rotatable bonds is 5. The quantitative estimate of drug-likeness (QED) is 0.852. The third kappa shape index (κ3) is 3.60. The van der Waals surface area contributed by atoms with Crippen LogP contribution >= 0.6 is 0 Å². The predicted octanol–water partition coefficient (Wildman–Crippen LogP) is 2.48. The summed E-state index contributed by atoms with van der Waals surface area (Å²) in [6.07, 6.45) is 0.788. The monoisotopic (exact) mass is 299 g/mol. The minimum absolute atomic E-state index is 0.121. The minimum atomic E-state index is -0.320. The third-order valence-corrected chi connectivity index (χ3v) is 3.42. The van der Waals surface area contributed by atoms with E-state index in [1.165, 1.54) is 18.2 Å². The van der Waals surface area contributed by atoms with Gasteiger partial charge in [0.25, 0.3) is 5.56 Å². The molecule has 0 saturated carbocycles. The van der Waals surface area contributed by atoms with E-state index in [0.717, 1.165) is 18.5 Å². The lowest BCUT2D eigenvalue weighted by atomic mass is 10.1. The Balaban J connectivity index is 2.44. The molecule has 0 unspecified atom stereocenters. The van der Waals surface area contributed by atoms with Crippen LogP contribution < -0.4 is 5.56 Å². The Labute approximate surface area is 129 Å². The van der Waals surface area contributed by atoms with Gasteiger partial charge in [0.15, 0.2) is 0 Å². The van der Waals surface area contributed by atoms with Crippen LogP contribution in [-0.4, -0.2) is 30.1 Å². The van der Waals surface area contributed by atoms with E-state index in [-0.39, 0.29) is 16.9 Å². The highest BCUT2D eigenvalue weighted by atomic mass is 19.1. The molecule has 1 aromatic heterocycles. The van der Waals surface area contributed by atoms with Gasteiger partial charge in [-0.3, -0.25) is 4.79 Å². The Bertz CT molecular complexity index is 742. The molecule has 2 rings (SSSR count). The van der Waals surface area contributed by atoms with Crippen LogP contribution in [0.4, 0.5) is 4.39 Å². The maximum Gasteiger partial charge on any atom is 0.268 e. The summed E-state index contributed by atoms with van der Waals surface area (Å²) in [5, 5.41) is 9.03. The molecule has 0 fully saturated rings. The van der Waals surface area contributed by atoms with Crippen molar-refractivity contribution in [3.8, 4) is 17.3 Å². The third-order valence-electron chi connectivity index (χ3n) is 3.42. The number of pyridine rings is 1. The Morgan fingerprint density at radius 3 is 2.45 bits per heavy atom. The van der Waals surface area contributed by atoms with Gasteiger partial charge >= 0.3 is 0 Å². The molecule has 1 aromatic carbocycles. The summed E-state index contributed by atoms with van der Waals surface area (Å²) in [5.41, 5.74) is 1.27. The largest absolute Gasteiger partial charge is 0.309 e. The fourth-order valence-electron chi connectivity index (χ4n) is 2.30. The molecule has 0 bridgehead atoms. The number of aromatic nitrogens is 1. The maximum atomic E-state index is 13.1. The van der Waals surface area contributed by atoms with Crippen LogP contribution in [0.15, 0.2) is 41.2 Å². The molecule has 0 N–H and O–H groups in total. The second-order valence-corrected chi connectivity index (χ2v) is 5.36. The van der Waals surface area contributed by atoms with Crippen molar-refractivity contribution in [2.24, 2.45) is 0 Å². The van der Waals surface area contributed by atoms with Gasteiger partial charge in [-0.15, -0.1) is 0 Å². The molecular formula is C17H18FN3O. The van der Waals surface area contributed by atoms with E-state index in [1.54, 1.807) is 22.8 Å². The molecule has 0 amide bonds. The lowest BCUT2D eigenvalue weighted by Gasteiger charge is -2.15. The summed E-state index contributed by atoms with van der Waals surface area (Å²) in [6, 6.07) is 11.2. The predicted molar refractivity (Wildman–Crippen MR) is 84.0 cm³/mol. The number of nitrogens with zero attached hydrogens (tertiary/aromatic N) is 3. The van der Waals surface area contributed by atoms with Gasteiger partial charge in [0, 0.05) is 6.54 Å². The van der Waals surface area contributed by atoms with Crippen LogP contribution in [0.3, 0.4) is 0 Å². The molecule has 22 heavy (non-hydrogen) atoms. The van der Waals surface area contributed by atoms with E-state index in [0.29, 0.717) is 12.2 Å². The van der Waals surface area contributed by atoms with E-state index in [1.807, 2.05) is 25.1 Å². The molecule has 5 heteroatoms. The first kappa shape index (κ1) is 15.9. The van der Waals surface area contributed by atoms with Crippen LogP contribution in [0.2, 0.25) is 0 Å². The van der Waals surface area contributed by atoms with Crippen molar-refractivity contribution < 1.29 is 4.39 Å². The molecule has 0 atom stereocenters. The maximum absolute atomic E-state index is 13.1. The molecule has 0 spiro atoms. The van der Waals surface area contributed by atoms with E-state index >= 15 is 0 Å². The van der Waals surface area contributed by atoms with Gasteiger partial charge in [-0.1, -0.05) is 0 Å². The Kier molecular flexibility index (Phi) is 5.08. The van der Waals surface area contributed by atoms with Gasteiger partial charge in [0.05, 0.1) is 5.69 Å². The molecule has 114 valence electrons. The van der Waals surface area contributed by atoms with Crippen molar-refractivity contribution in [1.82, 2.24) is 9.47 Å². The van der Waals surface area contributed by atoms with Crippen LogP contribution in [0, 0.1) is 17.1 Å². The Morgan fingerprint density at radius 2 is 1.86 bits per heavy atom. The van der Waals surface area contributed by atoms with E-state index in [4.69, 9.17) is 5.26 Å². The van der Waals surface area contributed by atoms with Crippen molar-refractivity contribution in [2.75, 3.05) is 20.6 Å². The molecular weight excluding hydrogens is 281 g/mol. The summed E-state index contributed by atoms with van der Waals surface area (Å²) in [4.78, 5) is 14.4. The van der Waals surface area contributed by atoms with Crippen molar-refractivity contribution in [2.45, 2.75) is 13.0 Å². The summed E-state index contributed by atoms with van der Waals surface area (Å²) in [5.74, 6) is -0.320. The first-order valence-electron chi connectivity index (χ1n) is 7.07. The summed E-state index contributed by atoms with van der Waals surface area (Å²) < 4.78 is 14.7. The topological polar surface area (TPSA) is 49.0 Å². The van der Waals surface area contributed by atoms with E-state index in [2.05, 4.69) is 0 Å². The Morgan fingerprint density at radius 1 is 1.18 bits per heavy atom. The zero-order valence-electron chi connectivity index (χ0n) is 12.7. The highest BCUT2D eigenvalue weighted by molar-refractivity contribution is 5.60. The number of halogens is 1. The number of hydrogen-bond acceptors (Lipinski definition) is 3. The standard InChI is InChI=1S/C17H18FN3O/c1-20(2)10-3-11-21-16(9-6-14(12-19)17(21)22)13-4-7-15(18)8-5-13/h4-9H,3,10-11H2,1-2H3. The second-order valence-electron chi connectivity index (χ2n) is 5.36. The number of benzene rings is 1. The summed E-state index contributed by atoms with van der Waals surface area (Å²) in [7, 11) is 3.94. The van der Waals surface area contributed by atoms with Gasteiger partial charge < -0.3 is 9.47 Å². The first-order valence-corrected chi connectivity index (χ1v) is 7.07. The molecule has 4 nitrogen and oxygen atoms in total. The lowest BCUT2D eigenvalue weighted by molar-refractivity contribution is 0.385. The average Bonchev–Trinajstić information content (AvgIpc) is 2.49. The fourth-order valence-corrected chi connectivity index (χ4v) is 2.30. The first-order chi connectivity index (χ1) is 10.5. The highest BCUT2D eigenvalue weighted by Gasteiger charge is 2.10. The highest BCUT2D eigenvalue weighted by Crippen LogP contribution is 2.19. The van der Waals surface area contributed by atoms with Gasteiger partial charge in [-0.25, -0.2) is 4.39 Å². The lowest BCUT2D eigenvalue weighted by Crippen LogP contribution is -2.26. The van der Waals surface area contributed by atoms with Crippen molar-refractivity contribution in [3.63, 3.8) is 0 Å². The number of hydrogen-bond donors (Lipinski definition) is 0. The second kappa shape index (κ2) is 7.01. The fraction of sp³-hybridized carbons (Fsp3) is 0.294. The zero-order valence-corrected chi connectivity index (χ0v) is 12.7. The minimum Gasteiger partial charge on any atom is -0.309 e. The van der Waals surface area contributed by atoms with E-state index < -0.39 is 0 Å². The van der Waals surface area contributed by atoms with Crippen LogP contribution in [0.5, 0.6) is 0 Å². The normalized spacial score (nSPS) is 10.7. The van der Waals surface area contributed by atoms with Gasteiger partial charge in [0.2, 0.25) is 0 Å². The molecule has 1 heterocycles. The van der Waals surface area contributed by atoms with Crippen molar-refractivity contribution in [1.29, 1.82) is 5.26 Å². The van der Waals surface area contributed by atoms with Crippen molar-refractivity contribution >= 4 is 0 Å². The van der Waals surface area contributed by atoms with Crippen LogP contribution in [0.1, 0.15) is 12.0 Å². The summed E-state index contributed by atoms with van der Waals surface area (Å²) >= 11 is 0. The van der Waals surface area contributed by atoms with Gasteiger partial charge in [-0.2, -0.15) is 5.26 Å². The molecule has 0 aliphatic heterocycles. The van der Waals surface area contributed by atoms with Crippen molar-refractivity contribution in [3.05, 3.63) is 58.1 Å².